The van der Waals surface area contributed by atoms with Gasteiger partial charge in [0.2, 0.25) is 0 Å². The van der Waals surface area contributed by atoms with Crippen LogP contribution in [0.25, 0.3) is 0 Å². The first kappa shape index (κ1) is 18.6. The largest absolute Gasteiger partial charge is 0.497 e. The highest BCUT2D eigenvalue weighted by atomic mass is 35.5. The Morgan fingerprint density at radius 1 is 1.25 bits per heavy atom. The van der Waals surface area contributed by atoms with Gasteiger partial charge in [-0.05, 0) is 47.4 Å². The van der Waals surface area contributed by atoms with Gasteiger partial charge in [0, 0.05) is 18.1 Å². The molecule has 0 amide bonds. The predicted octanol–water partition coefficient (Wildman–Crippen LogP) is 3.78. The summed E-state index contributed by atoms with van der Waals surface area (Å²) in [5.41, 5.74) is 3.22. The van der Waals surface area contributed by atoms with Crippen molar-refractivity contribution in [2.24, 2.45) is 0 Å². The Hall–Kier alpha value is -1.75. The second-order valence-electron chi connectivity index (χ2n) is 5.72. The van der Waals surface area contributed by atoms with Crippen LogP contribution >= 0.6 is 24.0 Å². The number of nitrogens with zero attached hydrogens (tertiary/aromatic N) is 1. The van der Waals surface area contributed by atoms with Crippen molar-refractivity contribution >= 4 is 30.0 Å². The monoisotopic (exact) mass is 367 g/mol. The van der Waals surface area contributed by atoms with Gasteiger partial charge in [-0.1, -0.05) is 29.8 Å². The molecular formula is C18H19Cl2NO3. The van der Waals surface area contributed by atoms with E-state index in [4.69, 9.17) is 16.3 Å². The van der Waals surface area contributed by atoms with Gasteiger partial charge in [-0.3, -0.25) is 9.69 Å². The molecule has 1 aliphatic rings. The minimum absolute atomic E-state index is 0. The Kier molecular flexibility index (Phi) is 6.10. The Labute approximate surface area is 152 Å². The van der Waals surface area contributed by atoms with Crippen LogP contribution in [0.3, 0.4) is 0 Å². The highest BCUT2D eigenvalue weighted by molar-refractivity contribution is 6.30. The number of benzene rings is 2. The van der Waals surface area contributed by atoms with Crippen LogP contribution in [0.4, 0.5) is 0 Å². The molecule has 0 saturated heterocycles. The second-order valence-corrected chi connectivity index (χ2v) is 6.16. The SMILES string of the molecule is COc1ccc(CN2Cc3cc(Cl)ccc3CC2C(=O)O)cc1.Cl. The first-order chi connectivity index (χ1) is 11.1. The molecule has 24 heavy (non-hydrogen) atoms. The third-order valence-corrected chi connectivity index (χ3v) is 4.46. The fourth-order valence-corrected chi connectivity index (χ4v) is 3.18. The fourth-order valence-electron chi connectivity index (χ4n) is 2.98. The number of carboxylic acid groups (broad SMARTS) is 1. The maximum atomic E-state index is 11.6. The lowest BCUT2D eigenvalue weighted by Crippen LogP contribution is -2.45. The lowest BCUT2D eigenvalue weighted by Gasteiger charge is -2.34. The molecule has 1 heterocycles. The van der Waals surface area contributed by atoms with Crippen molar-refractivity contribution in [2.75, 3.05) is 7.11 Å². The second kappa shape index (κ2) is 7.88. The summed E-state index contributed by atoms with van der Waals surface area (Å²) in [6.07, 6.45) is 0.498. The number of aliphatic carboxylic acids is 1. The molecule has 0 radical (unpaired) electrons. The molecule has 1 N–H and O–H groups in total. The van der Waals surface area contributed by atoms with Crippen LogP contribution in [0.5, 0.6) is 5.75 Å². The van der Waals surface area contributed by atoms with Gasteiger partial charge in [0.05, 0.1) is 7.11 Å². The smallest absolute Gasteiger partial charge is 0.321 e. The molecule has 0 aromatic heterocycles. The quantitative estimate of drug-likeness (QED) is 0.892. The van der Waals surface area contributed by atoms with Gasteiger partial charge >= 0.3 is 5.97 Å². The highest BCUT2D eigenvalue weighted by Crippen LogP contribution is 2.27. The van der Waals surface area contributed by atoms with E-state index in [9.17, 15) is 9.90 Å². The predicted molar refractivity (Wildman–Crippen MR) is 96.1 cm³/mol. The molecule has 1 unspecified atom stereocenters. The summed E-state index contributed by atoms with van der Waals surface area (Å²) in [4.78, 5) is 13.6. The molecule has 1 aliphatic heterocycles. The molecule has 0 saturated carbocycles. The summed E-state index contributed by atoms with van der Waals surface area (Å²) in [5.74, 6) is -0.00146. The van der Waals surface area contributed by atoms with E-state index in [1.807, 2.05) is 47.4 Å². The number of hydrogen-bond acceptors (Lipinski definition) is 3. The summed E-state index contributed by atoms with van der Waals surface area (Å²) in [5, 5.41) is 10.2. The van der Waals surface area contributed by atoms with Gasteiger partial charge in [-0.15, -0.1) is 12.4 Å². The van der Waals surface area contributed by atoms with Crippen LogP contribution in [0.15, 0.2) is 42.5 Å². The normalized spacial score (nSPS) is 16.8. The Bertz CT molecular complexity index is 719. The van der Waals surface area contributed by atoms with E-state index >= 15 is 0 Å². The third kappa shape index (κ3) is 4.01. The summed E-state index contributed by atoms with van der Waals surface area (Å²) in [7, 11) is 1.63. The van der Waals surface area contributed by atoms with Gasteiger partial charge in [-0.2, -0.15) is 0 Å². The van der Waals surface area contributed by atoms with Crippen LogP contribution in [0.2, 0.25) is 5.02 Å². The van der Waals surface area contributed by atoms with Crippen LogP contribution in [-0.2, 0) is 24.3 Å². The number of carboxylic acids is 1. The molecule has 128 valence electrons. The minimum atomic E-state index is -0.792. The summed E-state index contributed by atoms with van der Waals surface area (Å²) in [6, 6.07) is 12.9. The molecule has 0 spiro atoms. The first-order valence-electron chi connectivity index (χ1n) is 7.44. The average molecular weight is 368 g/mol. The Balaban J connectivity index is 0.00000208. The van der Waals surface area contributed by atoms with Crippen LogP contribution in [-0.4, -0.2) is 29.1 Å². The molecule has 0 aliphatic carbocycles. The van der Waals surface area contributed by atoms with Crippen LogP contribution in [0, 0.1) is 0 Å². The molecule has 6 heteroatoms. The van der Waals surface area contributed by atoms with Crippen molar-refractivity contribution in [1.82, 2.24) is 4.90 Å². The number of carbonyl (C=O) groups is 1. The third-order valence-electron chi connectivity index (χ3n) is 4.23. The van der Waals surface area contributed by atoms with Gasteiger partial charge in [0.15, 0.2) is 0 Å². The van der Waals surface area contributed by atoms with Crippen LogP contribution in [0.1, 0.15) is 16.7 Å². The topological polar surface area (TPSA) is 49.8 Å². The number of rotatable bonds is 4. The summed E-state index contributed by atoms with van der Waals surface area (Å²) < 4.78 is 5.16. The zero-order chi connectivity index (χ0) is 16.4. The number of ether oxygens (including phenoxy) is 1. The van der Waals surface area contributed by atoms with Crippen molar-refractivity contribution in [3.05, 3.63) is 64.2 Å². The number of halogens is 2. The lowest BCUT2D eigenvalue weighted by atomic mass is 9.93. The number of fused-ring (bicyclic) bond motifs is 1. The summed E-state index contributed by atoms with van der Waals surface area (Å²) >= 11 is 6.07. The zero-order valence-corrected chi connectivity index (χ0v) is 14.8. The van der Waals surface area contributed by atoms with Crippen molar-refractivity contribution in [2.45, 2.75) is 25.6 Å². The molecule has 3 rings (SSSR count). The van der Waals surface area contributed by atoms with Crippen molar-refractivity contribution < 1.29 is 14.6 Å². The molecule has 4 nitrogen and oxygen atoms in total. The molecule has 0 fully saturated rings. The van der Waals surface area contributed by atoms with Crippen molar-refractivity contribution in [3.63, 3.8) is 0 Å². The fraction of sp³-hybridized carbons (Fsp3) is 0.278. The average Bonchev–Trinajstić information content (AvgIpc) is 2.54. The molecular weight excluding hydrogens is 349 g/mol. The summed E-state index contributed by atoms with van der Waals surface area (Å²) in [6.45, 7) is 1.16. The van der Waals surface area contributed by atoms with E-state index in [1.165, 1.54) is 0 Å². The molecule has 1 atom stereocenters. The van der Waals surface area contributed by atoms with Gasteiger partial charge in [-0.25, -0.2) is 0 Å². The first-order valence-corrected chi connectivity index (χ1v) is 7.81. The molecule has 2 aromatic carbocycles. The van der Waals surface area contributed by atoms with E-state index in [0.29, 0.717) is 24.5 Å². The van der Waals surface area contributed by atoms with E-state index in [0.717, 1.165) is 22.4 Å². The van der Waals surface area contributed by atoms with E-state index in [2.05, 4.69) is 0 Å². The Morgan fingerprint density at radius 3 is 2.58 bits per heavy atom. The van der Waals surface area contributed by atoms with Crippen LogP contribution < -0.4 is 4.74 Å². The minimum Gasteiger partial charge on any atom is -0.497 e. The maximum absolute atomic E-state index is 11.6. The maximum Gasteiger partial charge on any atom is 0.321 e. The molecule has 2 aromatic rings. The van der Waals surface area contributed by atoms with E-state index < -0.39 is 12.0 Å². The van der Waals surface area contributed by atoms with E-state index in [-0.39, 0.29) is 12.4 Å². The number of methoxy groups -OCH3 is 1. The van der Waals surface area contributed by atoms with Crippen molar-refractivity contribution in [1.29, 1.82) is 0 Å². The Morgan fingerprint density at radius 2 is 1.96 bits per heavy atom. The van der Waals surface area contributed by atoms with Gasteiger partial charge in [0.25, 0.3) is 0 Å². The number of hydrogen-bond donors (Lipinski definition) is 1. The zero-order valence-electron chi connectivity index (χ0n) is 13.2. The van der Waals surface area contributed by atoms with Crippen molar-refractivity contribution in [3.8, 4) is 5.75 Å². The standard InChI is InChI=1S/C18H18ClNO3.ClH/c1-23-16-6-2-12(3-7-16)10-20-11-14-8-15(19)5-4-13(14)9-17(20)18(21)22;/h2-8,17H,9-11H2,1H3,(H,21,22);1H. The van der Waals surface area contributed by atoms with E-state index in [1.54, 1.807) is 7.11 Å². The highest BCUT2D eigenvalue weighted by Gasteiger charge is 2.31. The lowest BCUT2D eigenvalue weighted by molar-refractivity contribution is -0.144. The van der Waals surface area contributed by atoms with Gasteiger partial charge in [0.1, 0.15) is 11.8 Å². The molecule has 0 bridgehead atoms. The van der Waals surface area contributed by atoms with Gasteiger partial charge < -0.3 is 9.84 Å².